The molecule has 1 aliphatic carbocycles. The second-order valence-electron chi connectivity index (χ2n) is 7.21. The molecule has 0 bridgehead atoms. The lowest BCUT2D eigenvalue weighted by Gasteiger charge is -2.10. The predicted molar refractivity (Wildman–Crippen MR) is 114 cm³/mol. The van der Waals surface area contributed by atoms with Crippen LogP contribution in [0.4, 0.5) is 5.69 Å². The van der Waals surface area contributed by atoms with Gasteiger partial charge in [0.2, 0.25) is 0 Å². The number of benzene rings is 1. The van der Waals surface area contributed by atoms with E-state index in [4.69, 9.17) is 4.42 Å². The van der Waals surface area contributed by atoms with Crippen molar-refractivity contribution in [3.8, 4) is 0 Å². The zero-order valence-corrected chi connectivity index (χ0v) is 17.3. The third-order valence-electron chi connectivity index (χ3n) is 5.38. The van der Waals surface area contributed by atoms with Crippen molar-refractivity contribution >= 4 is 45.8 Å². The number of furan rings is 1. The van der Waals surface area contributed by atoms with Gasteiger partial charge in [-0.2, -0.15) is 0 Å². The van der Waals surface area contributed by atoms with E-state index < -0.39 is 0 Å². The molecule has 0 spiro atoms. The molecule has 136 valence electrons. The number of hydrogen-bond acceptors (Lipinski definition) is 2. The largest absolute Gasteiger partial charge is 0.461 e. The van der Waals surface area contributed by atoms with Crippen LogP contribution in [0.1, 0.15) is 67.2 Å². The highest BCUT2D eigenvalue weighted by Gasteiger charge is 2.27. The minimum atomic E-state index is -0.0316. The molecular weight excluding hydrogens is 437 g/mol. The normalized spacial score (nSPS) is 17.3. The third kappa shape index (κ3) is 3.36. The smallest absolute Gasteiger partial charge is 0.256 e. The number of nitrogens with one attached hydrogen (secondary N) is 1. The summed E-state index contributed by atoms with van der Waals surface area (Å²) < 4.78 is 7.40. The van der Waals surface area contributed by atoms with Gasteiger partial charge in [-0.3, -0.25) is 4.79 Å². The number of carbonyl (C=O) groups excluding carboxylic acids is 1. The van der Waals surface area contributed by atoms with Gasteiger partial charge in [-0.05, 0) is 84.5 Å². The molecule has 0 saturated carbocycles. The highest BCUT2D eigenvalue weighted by Crippen LogP contribution is 2.37. The molecule has 1 aliphatic heterocycles. The van der Waals surface area contributed by atoms with Gasteiger partial charge >= 0.3 is 0 Å². The Hall–Kier alpha value is -1.56. The Balaban J connectivity index is 1.76. The van der Waals surface area contributed by atoms with Gasteiger partial charge in [0.25, 0.3) is 5.91 Å². The van der Waals surface area contributed by atoms with Crippen LogP contribution >= 0.6 is 22.6 Å². The topological polar surface area (TPSA) is 42.2 Å². The molecular formula is C22H24INO2. The van der Waals surface area contributed by atoms with Crippen LogP contribution in [0.25, 0.3) is 11.6 Å². The number of amides is 1. The molecule has 1 aromatic carbocycles. The molecule has 0 unspecified atom stereocenters. The zero-order chi connectivity index (χ0) is 18.1. The van der Waals surface area contributed by atoms with Gasteiger partial charge in [-0.25, -0.2) is 0 Å². The lowest BCUT2D eigenvalue weighted by atomic mass is 9.92. The molecule has 0 saturated heterocycles. The van der Waals surface area contributed by atoms with E-state index in [9.17, 15) is 4.79 Å². The summed E-state index contributed by atoms with van der Waals surface area (Å²) >= 11 is 2.29. The second-order valence-corrected chi connectivity index (χ2v) is 8.46. The summed E-state index contributed by atoms with van der Waals surface area (Å²) in [6.07, 6.45) is 11.2. The number of anilines is 1. The molecule has 4 rings (SSSR count). The lowest BCUT2D eigenvalue weighted by Crippen LogP contribution is -2.04. The summed E-state index contributed by atoms with van der Waals surface area (Å²) in [6.45, 7) is 2.23. The van der Waals surface area contributed by atoms with Crippen molar-refractivity contribution in [3.05, 3.63) is 50.0 Å². The van der Waals surface area contributed by atoms with Crippen LogP contribution < -0.4 is 5.32 Å². The van der Waals surface area contributed by atoms with Crippen molar-refractivity contribution in [1.29, 1.82) is 0 Å². The Morgan fingerprint density at radius 1 is 1.23 bits per heavy atom. The maximum Gasteiger partial charge on any atom is 0.256 e. The molecule has 4 heteroatoms. The van der Waals surface area contributed by atoms with Crippen LogP contribution in [-0.2, 0) is 24.1 Å². The van der Waals surface area contributed by atoms with Crippen molar-refractivity contribution in [3.63, 3.8) is 0 Å². The minimum absolute atomic E-state index is 0.0316. The first-order chi connectivity index (χ1) is 12.7. The minimum Gasteiger partial charge on any atom is -0.461 e. The lowest BCUT2D eigenvalue weighted by molar-refractivity contribution is -0.110. The molecule has 1 amide bonds. The highest BCUT2D eigenvalue weighted by atomic mass is 127. The van der Waals surface area contributed by atoms with E-state index in [1.165, 1.54) is 43.2 Å². The van der Waals surface area contributed by atoms with Gasteiger partial charge in [0.15, 0.2) is 0 Å². The van der Waals surface area contributed by atoms with Crippen LogP contribution in [0.2, 0.25) is 0 Å². The summed E-state index contributed by atoms with van der Waals surface area (Å²) in [5.74, 6) is 2.02. The Bertz CT molecular complexity index is 879. The monoisotopic (exact) mass is 461 g/mol. The number of halogens is 1. The van der Waals surface area contributed by atoms with Crippen LogP contribution in [0.15, 0.2) is 22.6 Å². The second kappa shape index (κ2) is 7.59. The first-order valence-corrected chi connectivity index (χ1v) is 10.7. The Labute approximate surface area is 168 Å². The van der Waals surface area contributed by atoms with E-state index in [0.717, 1.165) is 51.2 Å². The summed E-state index contributed by atoms with van der Waals surface area (Å²) in [5, 5.41) is 2.98. The van der Waals surface area contributed by atoms with Crippen molar-refractivity contribution in [2.24, 2.45) is 0 Å². The number of carbonyl (C=O) groups is 1. The standard InChI is InChI=1S/C22H24INO2/c1-2-3-4-7-16-15-8-5-6-9-20(15)26-21(16)13-18-17-12-14(23)10-11-19(17)24-22(18)25/h10-13H,2-9H2,1H3,(H,24,25). The third-order valence-corrected chi connectivity index (χ3v) is 6.05. The maximum absolute atomic E-state index is 12.5. The number of fused-ring (bicyclic) bond motifs is 2. The fraction of sp³-hybridized carbons (Fsp3) is 0.409. The Morgan fingerprint density at radius 2 is 2.08 bits per heavy atom. The highest BCUT2D eigenvalue weighted by molar-refractivity contribution is 14.1. The fourth-order valence-corrected chi connectivity index (χ4v) is 4.52. The van der Waals surface area contributed by atoms with Crippen LogP contribution in [0.3, 0.4) is 0 Å². The number of hydrogen-bond donors (Lipinski definition) is 1. The van der Waals surface area contributed by atoms with Crippen molar-refractivity contribution < 1.29 is 9.21 Å². The fourth-order valence-electron chi connectivity index (χ4n) is 4.03. The zero-order valence-electron chi connectivity index (χ0n) is 15.2. The van der Waals surface area contributed by atoms with E-state index in [-0.39, 0.29) is 5.91 Å². The van der Waals surface area contributed by atoms with Gasteiger partial charge in [0, 0.05) is 26.8 Å². The molecule has 1 aromatic heterocycles. The molecule has 0 radical (unpaired) electrons. The van der Waals surface area contributed by atoms with Gasteiger partial charge in [-0.1, -0.05) is 19.8 Å². The van der Waals surface area contributed by atoms with Crippen molar-refractivity contribution in [2.45, 2.75) is 58.3 Å². The van der Waals surface area contributed by atoms with Gasteiger partial charge < -0.3 is 9.73 Å². The van der Waals surface area contributed by atoms with E-state index in [2.05, 4.69) is 40.9 Å². The van der Waals surface area contributed by atoms with Crippen molar-refractivity contribution in [1.82, 2.24) is 0 Å². The average Bonchev–Trinajstić information content (AvgIpc) is 3.13. The summed E-state index contributed by atoms with van der Waals surface area (Å²) in [6, 6.07) is 6.06. The molecule has 2 heterocycles. The first kappa shape index (κ1) is 17.8. The average molecular weight is 461 g/mol. The van der Waals surface area contributed by atoms with Crippen molar-refractivity contribution in [2.75, 3.05) is 5.32 Å². The molecule has 0 atom stereocenters. The SMILES string of the molecule is CCCCCc1c(C=C2C(=O)Nc3ccc(I)cc32)oc2c1CCCC2. The van der Waals surface area contributed by atoms with Crippen LogP contribution in [0.5, 0.6) is 0 Å². The summed E-state index contributed by atoms with van der Waals surface area (Å²) in [4.78, 5) is 12.5. The molecule has 3 nitrogen and oxygen atoms in total. The number of unbranched alkanes of at least 4 members (excludes halogenated alkanes) is 2. The predicted octanol–water partition coefficient (Wildman–Crippen LogP) is 5.99. The van der Waals surface area contributed by atoms with E-state index in [1.54, 1.807) is 0 Å². The summed E-state index contributed by atoms with van der Waals surface area (Å²) in [7, 11) is 0. The molecule has 0 fully saturated rings. The van der Waals surface area contributed by atoms with E-state index >= 15 is 0 Å². The number of rotatable bonds is 5. The van der Waals surface area contributed by atoms with E-state index in [0.29, 0.717) is 0 Å². The van der Waals surface area contributed by atoms with Gasteiger partial charge in [-0.15, -0.1) is 0 Å². The maximum atomic E-state index is 12.5. The Kier molecular flexibility index (Phi) is 5.20. The van der Waals surface area contributed by atoms with Gasteiger partial charge in [0.1, 0.15) is 11.5 Å². The Morgan fingerprint density at radius 3 is 2.92 bits per heavy atom. The molecule has 1 N–H and O–H groups in total. The van der Waals surface area contributed by atoms with Crippen LogP contribution in [-0.4, -0.2) is 5.91 Å². The molecule has 2 aromatic rings. The molecule has 2 aliphatic rings. The van der Waals surface area contributed by atoms with Crippen LogP contribution in [0, 0.1) is 3.57 Å². The first-order valence-electron chi connectivity index (χ1n) is 9.63. The molecule has 26 heavy (non-hydrogen) atoms. The van der Waals surface area contributed by atoms with Gasteiger partial charge in [0.05, 0.1) is 5.57 Å². The summed E-state index contributed by atoms with van der Waals surface area (Å²) in [5.41, 5.74) is 5.36. The number of aryl methyl sites for hydroxylation is 1. The quantitative estimate of drug-likeness (QED) is 0.338. The van der Waals surface area contributed by atoms with E-state index in [1.807, 2.05) is 18.2 Å².